The number of unbranched alkanes of at least 4 members (excludes halogenated alkanes) is 26. The Kier molecular flexibility index (Phi) is 60.8. The lowest BCUT2D eigenvalue weighted by Gasteiger charge is -2.18. The summed E-state index contributed by atoms with van der Waals surface area (Å²) in [6.07, 6.45) is 89.2. The van der Waals surface area contributed by atoms with Crippen molar-refractivity contribution in [1.82, 2.24) is 0 Å². The molecule has 0 aliphatic carbocycles. The second-order valence-corrected chi connectivity index (χ2v) is 20.9. The maximum atomic E-state index is 12.9. The second-order valence-electron chi connectivity index (χ2n) is 20.9. The summed E-state index contributed by atoms with van der Waals surface area (Å²) in [6.45, 7) is 6.39. The lowest BCUT2D eigenvalue weighted by Crippen LogP contribution is -2.30. The van der Waals surface area contributed by atoms with Crippen molar-refractivity contribution in [2.75, 3.05) is 13.2 Å². The van der Waals surface area contributed by atoms with E-state index in [1.165, 1.54) is 122 Å². The molecule has 0 saturated heterocycles. The van der Waals surface area contributed by atoms with E-state index in [4.69, 9.17) is 14.2 Å². The number of rotatable bonds is 57. The first-order chi connectivity index (χ1) is 38.0. The van der Waals surface area contributed by atoms with Crippen LogP contribution in [0.2, 0.25) is 0 Å². The molecular weight excluding hydrogens is 949 g/mol. The van der Waals surface area contributed by atoms with Crippen molar-refractivity contribution in [3.63, 3.8) is 0 Å². The number of esters is 3. The molecular formula is C71H118O6. The molecule has 0 aliphatic rings. The van der Waals surface area contributed by atoms with Crippen molar-refractivity contribution in [3.05, 3.63) is 122 Å². The van der Waals surface area contributed by atoms with Gasteiger partial charge in [-0.25, -0.2) is 0 Å². The van der Waals surface area contributed by atoms with E-state index in [9.17, 15) is 14.4 Å². The number of carbonyl (C=O) groups excluding carboxylic acids is 3. The van der Waals surface area contributed by atoms with E-state index in [1.54, 1.807) is 0 Å². The van der Waals surface area contributed by atoms with Gasteiger partial charge in [0, 0.05) is 19.3 Å². The van der Waals surface area contributed by atoms with Crippen LogP contribution in [-0.2, 0) is 28.6 Å². The summed E-state index contributed by atoms with van der Waals surface area (Å²) >= 11 is 0. The third-order valence-electron chi connectivity index (χ3n) is 13.5. The predicted molar refractivity (Wildman–Crippen MR) is 334 cm³/mol. The largest absolute Gasteiger partial charge is 0.462 e. The molecule has 0 aromatic carbocycles. The van der Waals surface area contributed by atoms with E-state index in [1.807, 2.05) is 0 Å². The molecule has 0 radical (unpaired) electrons. The Morgan fingerprint density at radius 2 is 0.506 bits per heavy atom. The Hall–Kier alpha value is -4.19. The topological polar surface area (TPSA) is 78.9 Å². The summed E-state index contributed by atoms with van der Waals surface area (Å²) in [6, 6.07) is 0. The molecule has 77 heavy (non-hydrogen) atoms. The van der Waals surface area contributed by atoms with Gasteiger partial charge >= 0.3 is 17.9 Å². The first-order valence-electron chi connectivity index (χ1n) is 32.0. The van der Waals surface area contributed by atoms with E-state index in [2.05, 4.69) is 142 Å². The number of hydrogen-bond acceptors (Lipinski definition) is 6. The summed E-state index contributed by atoms with van der Waals surface area (Å²) in [4.78, 5) is 38.2. The van der Waals surface area contributed by atoms with Crippen LogP contribution in [0, 0.1) is 0 Å². The molecule has 0 aliphatic heterocycles. The van der Waals surface area contributed by atoms with Gasteiger partial charge in [0.1, 0.15) is 13.2 Å². The van der Waals surface area contributed by atoms with Gasteiger partial charge in [0.2, 0.25) is 0 Å². The Bertz CT molecular complexity index is 1600. The Balaban J connectivity index is 4.25. The van der Waals surface area contributed by atoms with E-state index < -0.39 is 6.10 Å². The lowest BCUT2D eigenvalue weighted by atomic mass is 10.0. The molecule has 0 fully saturated rings. The summed E-state index contributed by atoms with van der Waals surface area (Å²) in [5.41, 5.74) is 0. The van der Waals surface area contributed by atoms with Gasteiger partial charge in [-0.05, 0) is 109 Å². The van der Waals surface area contributed by atoms with E-state index >= 15 is 0 Å². The van der Waals surface area contributed by atoms with Crippen LogP contribution < -0.4 is 0 Å². The van der Waals surface area contributed by atoms with E-state index in [0.717, 1.165) is 128 Å². The highest BCUT2D eigenvalue weighted by molar-refractivity contribution is 5.71. The average Bonchev–Trinajstić information content (AvgIpc) is 3.43. The molecule has 0 spiro atoms. The summed E-state index contributed by atoms with van der Waals surface area (Å²) in [5.74, 6) is -0.896. The van der Waals surface area contributed by atoms with Gasteiger partial charge in [-0.3, -0.25) is 14.4 Å². The maximum Gasteiger partial charge on any atom is 0.306 e. The molecule has 1 atom stereocenters. The van der Waals surface area contributed by atoms with Crippen molar-refractivity contribution in [3.8, 4) is 0 Å². The van der Waals surface area contributed by atoms with Crippen molar-refractivity contribution in [1.29, 1.82) is 0 Å². The third-order valence-corrected chi connectivity index (χ3v) is 13.5. The lowest BCUT2D eigenvalue weighted by molar-refractivity contribution is -0.167. The molecule has 0 rings (SSSR count). The highest BCUT2D eigenvalue weighted by Crippen LogP contribution is 2.16. The van der Waals surface area contributed by atoms with Crippen LogP contribution in [0.25, 0.3) is 0 Å². The van der Waals surface area contributed by atoms with Crippen LogP contribution in [0.5, 0.6) is 0 Å². The molecule has 0 bridgehead atoms. The van der Waals surface area contributed by atoms with Crippen molar-refractivity contribution < 1.29 is 28.6 Å². The number of hydrogen-bond donors (Lipinski definition) is 0. The second kappa shape index (κ2) is 64.3. The molecule has 438 valence electrons. The summed E-state index contributed by atoms with van der Waals surface area (Å²) in [5, 5.41) is 0. The monoisotopic (exact) mass is 1070 g/mol. The van der Waals surface area contributed by atoms with Gasteiger partial charge in [0.15, 0.2) is 6.10 Å². The number of ether oxygens (including phenoxy) is 3. The Morgan fingerprint density at radius 1 is 0.273 bits per heavy atom. The Labute approximate surface area is 475 Å². The average molecular weight is 1070 g/mol. The van der Waals surface area contributed by atoms with Gasteiger partial charge in [-0.2, -0.15) is 0 Å². The van der Waals surface area contributed by atoms with Crippen LogP contribution in [0.15, 0.2) is 122 Å². The minimum atomic E-state index is -0.787. The van der Waals surface area contributed by atoms with Crippen LogP contribution in [0.4, 0.5) is 0 Å². The van der Waals surface area contributed by atoms with E-state index in [-0.39, 0.29) is 31.1 Å². The Morgan fingerprint density at radius 3 is 0.792 bits per heavy atom. The summed E-state index contributed by atoms with van der Waals surface area (Å²) in [7, 11) is 0. The first-order valence-corrected chi connectivity index (χ1v) is 32.0. The van der Waals surface area contributed by atoms with Gasteiger partial charge < -0.3 is 14.2 Å². The quantitative estimate of drug-likeness (QED) is 0.0261. The molecule has 0 amide bonds. The zero-order chi connectivity index (χ0) is 55.7. The van der Waals surface area contributed by atoms with Crippen LogP contribution in [-0.4, -0.2) is 37.2 Å². The predicted octanol–water partition coefficient (Wildman–Crippen LogP) is 22.0. The molecule has 1 unspecified atom stereocenters. The highest BCUT2D eigenvalue weighted by Gasteiger charge is 2.19. The van der Waals surface area contributed by atoms with Crippen LogP contribution >= 0.6 is 0 Å². The molecule has 0 aromatic rings. The molecule has 0 saturated carbocycles. The zero-order valence-electron chi connectivity index (χ0n) is 50.2. The number of allylic oxidation sites excluding steroid dienone is 20. The SMILES string of the molecule is CC/C=C\C/C=C\C/C=C\C/C=C\C/C=C\CCCCCCCCCCCCCC(=O)OCC(COC(=O)CCCCCCCCCCC)OC(=O)CCCCCCCCC/C=C\C/C=C\C/C=C\C/C=C\C/C=C\CC. The van der Waals surface area contributed by atoms with Crippen molar-refractivity contribution >= 4 is 17.9 Å². The molecule has 6 heteroatoms. The normalized spacial score (nSPS) is 12.9. The van der Waals surface area contributed by atoms with Gasteiger partial charge in [0.05, 0.1) is 0 Å². The minimum Gasteiger partial charge on any atom is -0.462 e. The third kappa shape index (κ3) is 62.5. The van der Waals surface area contributed by atoms with Gasteiger partial charge in [0.25, 0.3) is 0 Å². The fourth-order valence-corrected chi connectivity index (χ4v) is 8.73. The molecule has 0 aromatic heterocycles. The zero-order valence-corrected chi connectivity index (χ0v) is 50.2. The highest BCUT2D eigenvalue weighted by atomic mass is 16.6. The molecule has 6 nitrogen and oxygen atoms in total. The van der Waals surface area contributed by atoms with Gasteiger partial charge in [-0.15, -0.1) is 0 Å². The first kappa shape index (κ1) is 72.8. The van der Waals surface area contributed by atoms with Crippen molar-refractivity contribution in [2.45, 2.75) is 297 Å². The number of carbonyl (C=O) groups is 3. The van der Waals surface area contributed by atoms with Crippen LogP contribution in [0.1, 0.15) is 290 Å². The molecule has 0 heterocycles. The summed E-state index contributed by atoms with van der Waals surface area (Å²) < 4.78 is 16.9. The fraction of sp³-hybridized carbons (Fsp3) is 0.676. The van der Waals surface area contributed by atoms with Gasteiger partial charge in [-0.1, -0.05) is 284 Å². The van der Waals surface area contributed by atoms with Crippen LogP contribution in [0.3, 0.4) is 0 Å². The fourth-order valence-electron chi connectivity index (χ4n) is 8.73. The standard InChI is InChI=1S/C71H118O6/c1-4-7-10-13-16-19-21-23-25-27-29-31-33-34-35-36-38-39-41-43-45-47-49-52-55-58-61-64-70(73)76-67-68(66-75-69(72)63-60-57-54-51-18-15-12-9-6-3)77-71(74)65-62-59-56-53-50-48-46-44-42-40-37-32-30-28-26-24-22-20-17-14-11-8-5-2/h7-8,10-11,16-17,19-20,23-26,29-32,34-35,40,42,68H,4-6,9,12-15,18,21-22,27-28,33,36-39,41,43-67H2,1-3H3/b10-7-,11-8-,19-16-,20-17-,25-23-,26-24-,31-29-,32-30-,35-34-,42-40-. The minimum absolute atomic E-state index is 0.0833. The van der Waals surface area contributed by atoms with Crippen molar-refractivity contribution in [2.24, 2.45) is 0 Å². The van der Waals surface area contributed by atoms with E-state index in [0.29, 0.717) is 19.3 Å². The maximum absolute atomic E-state index is 12.9. The molecule has 0 N–H and O–H groups in total. The smallest absolute Gasteiger partial charge is 0.306 e.